The van der Waals surface area contributed by atoms with Gasteiger partial charge in [-0.2, -0.15) is 0 Å². The first-order valence-corrected chi connectivity index (χ1v) is 6.71. The minimum Gasteiger partial charge on any atom is -0.468 e. The third kappa shape index (κ3) is 1.93. The molecule has 0 fully saturated rings. The van der Waals surface area contributed by atoms with Crippen LogP contribution >= 0.6 is 0 Å². The van der Waals surface area contributed by atoms with E-state index in [1.807, 2.05) is 42.5 Å². The smallest absolute Gasteiger partial charge is 0.329 e. The first-order chi connectivity index (χ1) is 8.21. The number of rotatable bonds is 2. The highest BCUT2D eigenvalue weighted by atomic mass is 32.2. The van der Waals surface area contributed by atoms with Gasteiger partial charge in [-0.05, 0) is 12.0 Å². The van der Waals surface area contributed by atoms with Gasteiger partial charge >= 0.3 is 5.97 Å². The summed E-state index contributed by atoms with van der Waals surface area (Å²) in [4.78, 5) is 12.1. The number of esters is 1. The Labute approximate surface area is 103 Å². The highest BCUT2D eigenvalue weighted by Gasteiger charge is 2.47. The van der Waals surface area contributed by atoms with Crippen LogP contribution in [0.1, 0.15) is 12.0 Å². The summed E-state index contributed by atoms with van der Waals surface area (Å²) in [6.45, 7) is 0. The van der Waals surface area contributed by atoms with E-state index in [1.54, 1.807) is 0 Å². The Morgan fingerprint density at radius 1 is 1.29 bits per heavy atom. The first kappa shape index (κ1) is 12.0. The van der Waals surface area contributed by atoms with Crippen LogP contribution in [-0.2, 0) is 25.1 Å². The molecule has 1 aliphatic heterocycles. The zero-order chi connectivity index (χ0) is 12.3. The van der Waals surface area contributed by atoms with Gasteiger partial charge in [0.15, 0.2) is 4.75 Å². The van der Waals surface area contributed by atoms with Crippen molar-refractivity contribution >= 4 is 16.8 Å². The van der Waals surface area contributed by atoms with Crippen molar-refractivity contribution in [3.05, 3.63) is 48.0 Å². The second-order valence-electron chi connectivity index (χ2n) is 3.87. The van der Waals surface area contributed by atoms with E-state index < -0.39 is 21.5 Å². The van der Waals surface area contributed by atoms with Crippen molar-refractivity contribution < 1.29 is 13.7 Å². The molecule has 1 aromatic carbocycles. The lowest BCUT2D eigenvalue weighted by Gasteiger charge is -2.31. The molecule has 0 aliphatic carbocycles. The normalized spacial score (nSPS) is 27.7. The molecule has 0 N–H and O–H groups in total. The molecule has 1 aromatic rings. The third-order valence-corrected chi connectivity index (χ3v) is 4.81. The highest BCUT2D eigenvalue weighted by molar-refractivity contribution is 7.87. The lowest BCUT2D eigenvalue weighted by Crippen LogP contribution is -2.43. The van der Waals surface area contributed by atoms with Crippen molar-refractivity contribution in [2.75, 3.05) is 12.9 Å². The largest absolute Gasteiger partial charge is 0.468 e. The van der Waals surface area contributed by atoms with E-state index >= 15 is 0 Å². The summed E-state index contributed by atoms with van der Waals surface area (Å²) in [6.07, 6.45) is 4.17. The van der Waals surface area contributed by atoms with Crippen LogP contribution in [0.15, 0.2) is 42.5 Å². The fourth-order valence-electron chi connectivity index (χ4n) is 2.06. The summed E-state index contributed by atoms with van der Waals surface area (Å²) in [5.74, 6) is -0.0318. The number of benzene rings is 1. The third-order valence-electron chi connectivity index (χ3n) is 2.96. The minimum atomic E-state index is -1.28. The van der Waals surface area contributed by atoms with Crippen LogP contribution in [0.25, 0.3) is 0 Å². The molecule has 0 saturated heterocycles. The van der Waals surface area contributed by atoms with Crippen LogP contribution < -0.4 is 0 Å². The molecule has 2 unspecified atom stereocenters. The van der Waals surface area contributed by atoms with Gasteiger partial charge in [-0.15, -0.1) is 0 Å². The zero-order valence-corrected chi connectivity index (χ0v) is 10.4. The number of allylic oxidation sites excluding steroid dienone is 1. The Morgan fingerprint density at radius 3 is 2.59 bits per heavy atom. The van der Waals surface area contributed by atoms with E-state index in [1.165, 1.54) is 7.11 Å². The molecule has 90 valence electrons. The maximum Gasteiger partial charge on any atom is 0.329 e. The fourth-order valence-corrected chi connectivity index (χ4v) is 3.60. The average Bonchev–Trinajstić information content (AvgIpc) is 2.39. The van der Waals surface area contributed by atoms with Crippen LogP contribution in [0.2, 0.25) is 0 Å². The number of carbonyl (C=O) groups excluding carboxylic acids is 1. The topological polar surface area (TPSA) is 43.4 Å². The van der Waals surface area contributed by atoms with Gasteiger partial charge in [-0.25, -0.2) is 0 Å². The molecule has 0 aromatic heterocycles. The maximum absolute atomic E-state index is 12.3. The van der Waals surface area contributed by atoms with Gasteiger partial charge in [0.1, 0.15) is 0 Å². The summed E-state index contributed by atoms with van der Waals surface area (Å²) in [5.41, 5.74) is 0.759. The van der Waals surface area contributed by atoms with E-state index in [-0.39, 0.29) is 0 Å². The van der Waals surface area contributed by atoms with Crippen molar-refractivity contribution in [1.82, 2.24) is 0 Å². The number of carbonyl (C=O) groups is 1. The summed E-state index contributed by atoms with van der Waals surface area (Å²) in [7, 11) is 0.0570. The monoisotopic (exact) mass is 250 g/mol. The molecular weight excluding hydrogens is 236 g/mol. The predicted octanol–water partition coefficient (Wildman–Crippen LogP) is 1.76. The minimum absolute atomic E-state index is 0.393. The van der Waals surface area contributed by atoms with E-state index in [9.17, 15) is 9.00 Å². The highest BCUT2D eigenvalue weighted by Crippen LogP contribution is 2.36. The average molecular weight is 250 g/mol. The molecule has 0 bridgehead atoms. The maximum atomic E-state index is 12.3. The molecule has 4 heteroatoms. The molecule has 2 atom stereocenters. The second kappa shape index (κ2) is 4.84. The molecule has 0 saturated carbocycles. The fraction of sp³-hybridized carbons (Fsp3) is 0.308. The Hall–Kier alpha value is -1.42. The van der Waals surface area contributed by atoms with Gasteiger partial charge in [0.05, 0.1) is 7.11 Å². The van der Waals surface area contributed by atoms with E-state index in [0.29, 0.717) is 12.2 Å². The standard InChI is InChI=1S/C13H14O3S/c1-16-12(14)13(9-5-6-10-17(13)15)11-7-3-2-4-8-11/h2-8H,9-10H2,1H3. The number of hydrogen-bond donors (Lipinski definition) is 0. The van der Waals surface area contributed by atoms with Crippen LogP contribution in [0, 0.1) is 0 Å². The number of methoxy groups -OCH3 is 1. The van der Waals surface area contributed by atoms with Crippen LogP contribution in [-0.4, -0.2) is 23.0 Å². The second-order valence-corrected chi connectivity index (χ2v) is 5.59. The van der Waals surface area contributed by atoms with Gasteiger partial charge in [0, 0.05) is 16.6 Å². The van der Waals surface area contributed by atoms with Crippen molar-refractivity contribution in [1.29, 1.82) is 0 Å². The molecule has 1 aliphatic rings. The van der Waals surface area contributed by atoms with Gasteiger partial charge in [-0.3, -0.25) is 9.00 Å². The molecular formula is C13H14O3S. The molecule has 0 spiro atoms. The van der Waals surface area contributed by atoms with Crippen LogP contribution in [0.5, 0.6) is 0 Å². The lowest BCUT2D eigenvalue weighted by molar-refractivity contribution is -0.143. The number of ether oxygens (including phenoxy) is 1. The molecule has 2 rings (SSSR count). The summed E-state index contributed by atoms with van der Waals surface area (Å²) < 4.78 is 16.1. The van der Waals surface area contributed by atoms with Crippen molar-refractivity contribution in [3.63, 3.8) is 0 Å². The zero-order valence-electron chi connectivity index (χ0n) is 9.59. The summed E-state index contributed by atoms with van der Waals surface area (Å²) in [5, 5.41) is 0. The molecule has 1 heterocycles. The summed E-state index contributed by atoms with van der Waals surface area (Å²) >= 11 is 0. The Bertz CT molecular complexity index is 467. The Balaban J connectivity index is 2.55. The van der Waals surface area contributed by atoms with Crippen molar-refractivity contribution in [2.45, 2.75) is 11.2 Å². The molecule has 17 heavy (non-hydrogen) atoms. The Kier molecular flexibility index (Phi) is 3.43. The molecule has 0 radical (unpaired) electrons. The Morgan fingerprint density at radius 2 is 2.00 bits per heavy atom. The quantitative estimate of drug-likeness (QED) is 0.593. The number of hydrogen-bond acceptors (Lipinski definition) is 3. The van der Waals surface area contributed by atoms with E-state index in [2.05, 4.69) is 0 Å². The summed E-state index contributed by atoms with van der Waals surface area (Å²) in [6, 6.07) is 9.21. The van der Waals surface area contributed by atoms with Gasteiger partial charge in [-0.1, -0.05) is 42.5 Å². The van der Waals surface area contributed by atoms with Gasteiger partial charge < -0.3 is 4.74 Å². The predicted molar refractivity (Wildman–Crippen MR) is 66.9 cm³/mol. The van der Waals surface area contributed by atoms with Gasteiger partial charge in [0.2, 0.25) is 0 Å². The van der Waals surface area contributed by atoms with Gasteiger partial charge in [0.25, 0.3) is 0 Å². The van der Waals surface area contributed by atoms with Crippen molar-refractivity contribution in [2.24, 2.45) is 0 Å². The van der Waals surface area contributed by atoms with E-state index in [0.717, 1.165) is 5.56 Å². The lowest BCUT2D eigenvalue weighted by atomic mass is 9.94. The first-order valence-electron chi connectivity index (χ1n) is 5.39. The van der Waals surface area contributed by atoms with Crippen molar-refractivity contribution in [3.8, 4) is 0 Å². The van der Waals surface area contributed by atoms with Crippen LogP contribution in [0.4, 0.5) is 0 Å². The van der Waals surface area contributed by atoms with Crippen LogP contribution in [0.3, 0.4) is 0 Å². The molecule has 3 nitrogen and oxygen atoms in total. The molecule has 0 amide bonds. The SMILES string of the molecule is COC(=O)C1(c2ccccc2)CC=CCS1=O. The van der Waals surface area contributed by atoms with E-state index in [4.69, 9.17) is 4.74 Å².